The molecule has 7 fully saturated rings. The Morgan fingerprint density at radius 3 is 1.78 bits per heavy atom. The molecule has 79 heavy (non-hydrogen) atoms. The van der Waals surface area contributed by atoms with Gasteiger partial charge in [-0.1, -0.05) is 30.7 Å². The van der Waals surface area contributed by atoms with Gasteiger partial charge in [-0.05, 0) is 109 Å². The van der Waals surface area contributed by atoms with E-state index in [1.54, 1.807) is 40.2 Å². The second-order valence-corrected chi connectivity index (χ2v) is 23.7. The number of aliphatic hydroxyl groups is 7. The molecule has 9 rings (SSSR count). The van der Waals surface area contributed by atoms with Crippen molar-refractivity contribution >= 4 is 17.8 Å². The summed E-state index contributed by atoms with van der Waals surface area (Å²) in [7, 11) is 4.70. The minimum absolute atomic E-state index is 0.0477. The number of phenolic OH excluding ortho intramolecular Hbond substituents is 1. The number of benzene rings is 1. The normalized spacial score (nSPS) is 48.1. The predicted molar refractivity (Wildman–Crippen MR) is 275 cm³/mol. The summed E-state index contributed by atoms with van der Waals surface area (Å²) >= 11 is 0. The second-order valence-electron chi connectivity index (χ2n) is 23.7. The van der Waals surface area contributed by atoms with Gasteiger partial charge in [0.25, 0.3) is 0 Å². The van der Waals surface area contributed by atoms with Gasteiger partial charge in [-0.2, -0.15) is 0 Å². The topological polar surface area (TPSA) is 307 Å². The molecule has 4 aliphatic heterocycles. The van der Waals surface area contributed by atoms with E-state index in [1.807, 2.05) is 19.9 Å². The average Bonchev–Trinajstić information content (AvgIpc) is 2.40. The molecule has 1 aromatic rings. The number of rotatable bonds is 16. The van der Waals surface area contributed by atoms with Crippen LogP contribution in [-0.4, -0.2) is 214 Å². The third kappa shape index (κ3) is 10.8. The number of esters is 1. The van der Waals surface area contributed by atoms with Crippen molar-refractivity contribution in [3.8, 4) is 5.75 Å². The number of ketones is 1. The lowest BCUT2D eigenvalue weighted by molar-refractivity contribution is -0.357. The number of Topliss-reactive ketones (excluding diaryl/α,β-unsaturated/α-hetero) is 1. The summed E-state index contributed by atoms with van der Waals surface area (Å²) in [6.45, 7) is 9.78. The Labute approximate surface area is 461 Å². The van der Waals surface area contributed by atoms with Gasteiger partial charge in [0.1, 0.15) is 71.4 Å². The van der Waals surface area contributed by atoms with E-state index in [4.69, 9.17) is 56.8 Å². The molecule has 4 heterocycles. The molecule has 0 bridgehead atoms. The Hall–Kier alpha value is -3.08. The molecule has 8 N–H and O–H groups in total. The fourth-order valence-electron chi connectivity index (χ4n) is 14.8. The number of fused-ring (bicyclic) bond motifs is 5. The predicted octanol–water partition coefficient (Wildman–Crippen LogP) is 2.23. The molecule has 22 nitrogen and oxygen atoms in total. The van der Waals surface area contributed by atoms with E-state index in [2.05, 4.69) is 6.92 Å². The fourth-order valence-corrected chi connectivity index (χ4v) is 14.8. The molecule has 1 aromatic carbocycles. The maximum atomic E-state index is 13.6. The minimum Gasteiger partial charge on any atom is -0.508 e. The highest BCUT2D eigenvalue weighted by Gasteiger charge is 2.81. The smallest absolute Gasteiger partial charge is 0.331 e. The van der Waals surface area contributed by atoms with Crippen molar-refractivity contribution < 1.29 is 107 Å². The molecular formula is C57H84O22. The number of aromatic hydroxyl groups is 1. The third-order valence-corrected chi connectivity index (χ3v) is 19.6. The number of carbonyl (C=O) groups is 2. The van der Waals surface area contributed by atoms with E-state index in [0.29, 0.717) is 37.7 Å². The van der Waals surface area contributed by atoms with E-state index < -0.39 is 163 Å². The second kappa shape index (κ2) is 23.5. The van der Waals surface area contributed by atoms with Crippen LogP contribution in [0.5, 0.6) is 5.75 Å². The highest BCUT2D eigenvalue weighted by Crippen LogP contribution is 2.71. The number of methoxy groups -OCH3 is 3. The van der Waals surface area contributed by atoms with Gasteiger partial charge < -0.3 is 97.7 Å². The van der Waals surface area contributed by atoms with Crippen molar-refractivity contribution in [2.24, 2.45) is 16.7 Å². The Bertz CT molecular complexity index is 2350. The van der Waals surface area contributed by atoms with Gasteiger partial charge in [-0.3, -0.25) is 4.79 Å². The first-order valence-electron chi connectivity index (χ1n) is 27.9. The Kier molecular flexibility index (Phi) is 18.0. The van der Waals surface area contributed by atoms with Gasteiger partial charge in [0.15, 0.2) is 30.9 Å². The highest BCUT2D eigenvalue weighted by atomic mass is 16.8. The van der Waals surface area contributed by atoms with Crippen LogP contribution in [0.25, 0.3) is 6.08 Å². The summed E-state index contributed by atoms with van der Waals surface area (Å²) < 4.78 is 74.8. The zero-order valence-corrected chi connectivity index (χ0v) is 46.7. The SMILES string of the molecule is CO[C@H]1C[C@H](O[C@@H]2[C@@H](C)O[C@@H](O[C@H]3CC[C@@]4(C)C(=CC[C@]5(O)[C@@H]4C[C@@H](OC(=O)/C=C/c4ccc(O)cc4)[C@@]4(C)[C@]5(O)CC[C@]4(O)C(C)=O)C3)C[C@H]2OC)O[C@H](C)[C@H]1O[C@H]1C[C@H](OC)[C@H](O[C@@H]2O[C@H](CO)[C@@H](O)[C@H](O)[C@H]2O)[C@@H](C)O1. The quantitative estimate of drug-likeness (QED) is 0.0669. The summed E-state index contributed by atoms with van der Waals surface area (Å²) in [5.41, 5.74) is -6.66. The van der Waals surface area contributed by atoms with Crippen molar-refractivity contribution in [2.45, 2.75) is 239 Å². The summed E-state index contributed by atoms with van der Waals surface area (Å²) in [4.78, 5) is 27.0. The lowest BCUT2D eigenvalue weighted by Crippen LogP contribution is -2.78. The number of aliphatic hydroxyl groups excluding tert-OH is 4. The molecule has 3 saturated carbocycles. The lowest BCUT2D eigenvalue weighted by Gasteiger charge is -2.67. The lowest BCUT2D eigenvalue weighted by atomic mass is 9.42. The Morgan fingerprint density at radius 2 is 1.25 bits per heavy atom. The number of phenols is 1. The summed E-state index contributed by atoms with van der Waals surface area (Å²) in [5.74, 6) is -1.89. The largest absolute Gasteiger partial charge is 0.508 e. The third-order valence-electron chi connectivity index (χ3n) is 19.6. The van der Waals surface area contributed by atoms with Crippen LogP contribution in [0.15, 0.2) is 42.0 Å². The van der Waals surface area contributed by atoms with Crippen LogP contribution in [0.4, 0.5) is 0 Å². The van der Waals surface area contributed by atoms with Gasteiger partial charge >= 0.3 is 5.97 Å². The molecule has 0 radical (unpaired) electrons. The van der Waals surface area contributed by atoms with Gasteiger partial charge in [0.05, 0.1) is 54.7 Å². The van der Waals surface area contributed by atoms with Crippen LogP contribution in [0.2, 0.25) is 0 Å². The molecule has 0 unspecified atom stereocenters. The molecule has 8 aliphatic rings. The van der Waals surface area contributed by atoms with Crippen LogP contribution < -0.4 is 0 Å². The zero-order chi connectivity index (χ0) is 57.1. The van der Waals surface area contributed by atoms with Gasteiger partial charge in [0, 0.05) is 52.6 Å². The fraction of sp³-hybridized carbons (Fsp3) is 0.789. The van der Waals surface area contributed by atoms with Crippen molar-refractivity contribution in [2.75, 3.05) is 27.9 Å². The number of carbonyl (C=O) groups excluding carboxylic acids is 2. The van der Waals surface area contributed by atoms with E-state index in [9.17, 15) is 50.4 Å². The molecule has 444 valence electrons. The van der Waals surface area contributed by atoms with Crippen molar-refractivity contribution in [1.82, 2.24) is 0 Å². The molecule has 22 heteroatoms. The van der Waals surface area contributed by atoms with Crippen molar-refractivity contribution in [3.05, 3.63) is 47.6 Å². The molecule has 0 aromatic heterocycles. The van der Waals surface area contributed by atoms with Crippen LogP contribution in [0, 0.1) is 16.7 Å². The first-order chi connectivity index (χ1) is 37.4. The average molecular weight is 1120 g/mol. The maximum Gasteiger partial charge on any atom is 0.331 e. The van der Waals surface area contributed by atoms with Crippen LogP contribution in [-0.2, 0) is 66.4 Å². The van der Waals surface area contributed by atoms with E-state index in [0.717, 1.165) is 5.57 Å². The minimum atomic E-state index is -2.09. The maximum absolute atomic E-state index is 13.6. The molecule has 4 saturated heterocycles. The van der Waals surface area contributed by atoms with Gasteiger partial charge in [0.2, 0.25) is 0 Å². The van der Waals surface area contributed by atoms with Crippen molar-refractivity contribution in [3.63, 3.8) is 0 Å². The Morgan fingerprint density at radius 1 is 0.709 bits per heavy atom. The summed E-state index contributed by atoms with van der Waals surface area (Å²) in [6, 6.07) is 6.24. The van der Waals surface area contributed by atoms with Crippen LogP contribution >= 0.6 is 0 Å². The van der Waals surface area contributed by atoms with E-state index >= 15 is 0 Å². The molecule has 0 amide bonds. The van der Waals surface area contributed by atoms with Crippen LogP contribution in [0.1, 0.15) is 111 Å². The highest BCUT2D eigenvalue weighted by molar-refractivity contribution is 5.89. The first kappa shape index (κ1) is 60.5. The molecule has 4 aliphatic carbocycles. The zero-order valence-electron chi connectivity index (χ0n) is 46.7. The number of hydrogen-bond acceptors (Lipinski definition) is 22. The molecular weight excluding hydrogens is 1040 g/mol. The molecule has 25 atom stereocenters. The van der Waals surface area contributed by atoms with Crippen LogP contribution in [0.3, 0.4) is 0 Å². The van der Waals surface area contributed by atoms with E-state index in [1.165, 1.54) is 38.3 Å². The first-order valence-corrected chi connectivity index (χ1v) is 27.9. The standard InChI is InChI=1S/C57H84O22/c1-28-49(77-44-24-37(69-8)50(29(2)72-44)78-45-25-38(70-9)51(30(3)73-45)79-52-48(64)47(63)46(62)39(27-58)75-52)36(68-7)23-43(71-28)74-35-17-18-53(5)33(22-35)16-19-56(66)40(53)26-41(54(6)55(65,31(4)59)20-21-57(54,56)67)76-42(61)15-12-32-10-13-34(60)14-11-32/h10-16,28-30,35-41,43-52,58,60,62-67H,17-27H2,1-9H3/b15-12+/t28-,29-,30-,35+,36-,37+,38+,39-,40-,41-,43+,44+,45+,46-,47+,48-,49-,50-,51-,52+,53+,54-,55+,56+,57-/m1/s1. The van der Waals surface area contributed by atoms with Crippen molar-refractivity contribution in [1.29, 1.82) is 0 Å². The monoisotopic (exact) mass is 1120 g/mol. The summed E-state index contributed by atoms with van der Waals surface area (Å²) in [6.07, 6.45) is -8.87. The Balaban J connectivity index is 0.811. The molecule has 0 spiro atoms. The van der Waals surface area contributed by atoms with Gasteiger partial charge in [-0.15, -0.1) is 0 Å². The van der Waals surface area contributed by atoms with E-state index in [-0.39, 0.29) is 44.0 Å². The van der Waals surface area contributed by atoms with Gasteiger partial charge in [-0.25, -0.2) is 4.79 Å². The summed E-state index contributed by atoms with van der Waals surface area (Å²) in [5, 5.41) is 88.7. The number of ether oxygens (including phenoxy) is 12. The number of hydrogen-bond donors (Lipinski definition) is 8.